The predicted molar refractivity (Wildman–Crippen MR) is 105 cm³/mol. The number of para-hydroxylation sites is 1. The van der Waals surface area contributed by atoms with Crippen molar-refractivity contribution < 1.29 is 22.7 Å². The standard InChI is InChI=1S/C19H18N4O5S/c1-13-18(22-23(21-13)15-8-4-3-5-9-15)19(25)28-12-17(24)20-14-7-6-10-16(11-14)29(2,26)27/h3-11H,12H2,1-2H3,(H,20,24). The Hall–Kier alpha value is -3.53. The van der Waals surface area contributed by atoms with Crippen molar-refractivity contribution in [2.24, 2.45) is 0 Å². The molecule has 0 unspecified atom stereocenters. The molecule has 9 nitrogen and oxygen atoms in total. The minimum absolute atomic E-state index is 0.000673. The Morgan fingerprint density at radius 2 is 1.79 bits per heavy atom. The fourth-order valence-corrected chi connectivity index (χ4v) is 3.11. The van der Waals surface area contributed by atoms with Gasteiger partial charge in [-0.1, -0.05) is 24.3 Å². The highest BCUT2D eigenvalue weighted by Crippen LogP contribution is 2.15. The number of ether oxygens (including phenoxy) is 1. The van der Waals surface area contributed by atoms with Gasteiger partial charge in [0.15, 0.2) is 22.1 Å². The zero-order valence-electron chi connectivity index (χ0n) is 15.7. The Bertz CT molecular complexity index is 1160. The van der Waals surface area contributed by atoms with E-state index in [-0.39, 0.29) is 16.3 Å². The number of carbonyl (C=O) groups is 2. The Morgan fingerprint density at radius 1 is 1.07 bits per heavy atom. The van der Waals surface area contributed by atoms with Gasteiger partial charge in [0, 0.05) is 11.9 Å². The van der Waals surface area contributed by atoms with Crippen LogP contribution < -0.4 is 5.32 Å². The van der Waals surface area contributed by atoms with Crippen molar-refractivity contribution in [3.63, 3.8) is 0 Å². The molecule has 0 saturated heterocycles. The molecule has 1 aromatic heterocycles. The van der Waals surface area contributed by atoms with Crippen LogP contribution in [0.1, 0.15) is 16.2 Å². The maximum atomic E-state index is 12.3. The predicted octanol–water partition coefficient (Wildman–Crippen LogP) is 1.77. The van der Waals surface area contributed by atoms with Crippen molar-refractivity contribution in [3.05, 3.63) is 66.0 Å². The number of rotatable bonds is 6. The molecule has 29 heavy (non-hydrogen) atoms. The second kappa shape index (κ2) is 8.23. The minimum Gasteiger partial charge on any atom is -0.451 e. The van der Waals surface area contributed by atoms with Crippen LogP contribution in [0.4, 0.5) is 5.69 Å². The molecule has 0 atom stereocenters. The summed E-state index contributed by atoms with van der Waals surface area (Å²) in [4.78, 5) is 25.7. The van der Waals surface area contributed by atoms with Gasteiger partial charge >= 0.3 is 5.97 Å². The lowest BCUT2D eigenvalue weighted by Crippen LogP contribution is -2.21. The SMILES string of the molecule is Cc1nn(-c2ccccc2)nc1C(=O)OCC(=O)Nc1cccc(S(C)(=O)=O)c1. The highest BCUT2D eigenvalue weighted by atomic mass is 32.2. The first-order chi connectivity index (χ1) is 13.7. The van der Waals surface area contributed by atoms with Crippen LogP contribution in [0.3, 0.4) is 0 Å². The first-order valence-electron chi connectivity index (χ1n) is 8.50. The molecular formula is C19H18N4O5S. The molecule has 10 heteroatoms. The molecule has 1 amide bonds. The molecule has 0 saturated carbocycles. The van der Waals surface area contributed by atoms with Crippen LogP contribution in [-0.2, 0) is 19.4 Å². The van der Waals surface area contributed by atoms with E-state index in [1.807, 2.05) is 18.2 Å². The number of nitrogens with one attached hydrogen (secondary N) is 1. The molecule has 0 aliphatic rings. The second-order valence-electron chi connectivity index (χ2n) is 6.18. The molecule has 0 aliphatic carbocycles. The number of amides is 1. The van der Waals surface area contributed by atoms with Crippen molar-refractivity contribution in [1.29, 1.82) is 0 Å². The summed E-state index contributed by atoms with van der Waals surface area (Å²) >= 11 is 0. The van der Waals surface area contributed by atoms with E-state index < -0.39 is 28.3 Å². The van der Waals surface area contributed by atoms with Crippen LogP contribution in [-0.4, -0.2) is 48.2 Å². The van der Waals surface area contributed by atoms with Crippen molar-refractivity contribution in [3.8, 4) is 5.69 Å². The van der Waals surface area contributed by atoms with Crippen molar-refractivity contribution in [1.82, 2.24) is 15.0 Å². The lowest BCUT2D eigenvalue weighted by molar-refractivity contribution is -0.119. The van der Waals surface area contributed by atoms with Gasteiger partial charge in [0.2, 0.25) is 0 Å². The zero-order chi connectivity index (χ0) is 21.0. The Kier molecular flexibility index (Phi) is 5.74. The third kappa shape index (κ3) is 5.05. The molecule has 0 radical (unpaired) electrons. The van der Waals surface area contributed by atoms with E-state index in [0.717, 1.165) is 6.26 Å². The number of hydrogen-bond acceptors (Lipinski definition) is 7. The average Bonchev–Trinajstić information content (AvgIpc) is 3.08. The van der Waals surface area contributed by atoms with E-state index in [1.165, 1.54) is 29.1 Å². The summed E-state index contributed by atoms with van der Waals surface area (Å²) in [6.07, 6.45) is 1.07. The molecule has 0 fully saturated rings. The van der Waals surface area contributed by atoms with E-state index in [0.29, 0.717) is 11.4 Å². The number of anilines is 1. The lowest BCUT2D eigenvalue weighted by Gasteiger charge is -2.07. The average molecular weight is 414 g/mol. The van der Waals surface area contributed by atoms with E-state index in [4.69, 9.17) is 4.74 Å². The van der Waals surface area contributed by atoms with E-state index >= 15 is 0 Å². The largest absolute Gasteiger partial charge is 0.451 e. The number of aromatic nitrogens is 3. The molecular weight excluding hydrogens is 396 g/mol. The Morgan fingerprint density at radius 3 is 2.48 bits per heavy atom. The highest BCUT2D eigenvalue weighted by Gasteiger charge is 2.19. The third-order valence-electron chi connectivity index (χ3n) is 3.84. The number of hydrogen-bond donors (Lipinski definition) is 1. The van der Waals surface area contributed by atoms with Crippen LogP contribution in [0.15, 0.2) is 59.5 Å². The first-order valence-corrected chi connectivity index (χ1v) is 10.4. The lowest BCUT2D eigenvalue weighted by atomic mass is 10.3. The van der Waals surface area contributed by atoms with Crippen LogP contribution in [0.2, 0.25) is 0 Å². The van der Waals surface area contributed by atoms with Crippen molar-refractivity contribution >= 4 is 27.4 Å². The van der Waals surface area contributed by atoms with Crippen molar-refractivity contribution in [2.75, 3.05) is 18.2 Å². The van der Waals surface area contributed by atoms with Crippen LogP contribution in [0.5, 0.6) is 0 Å². The summed E-state index contributed by atoms with van der Waals surface area (Å²) in [6.45, 7) is 1.05. The minimum atomic E-state index is -3.40. The van der Waals surface area contributed by atoms with Crippen LogP contribution >= 0.6 is 0 Å². The monoisotopic (exact) mass is 414 g/mol. The smallest absolute Gasteiger partial charge is 0.361 e. The van der Waals surface area contributed by atoms with Crippen molar-refractivity contribution in [2.45, 2.75) is 11.8 Å². The maximum Gasteiger partial charge on any atom is 0.361 e. The summed E-state index contributed by atoms with van der Waals surface area (Å²) in [5.74, 6) is -1.40. The van der Waals surface area contributed by atoms with Gasteiger partial charge in [-0.05, 0) is 37.3 Å². The van der Waals surface area contributed by atoms with Gasteiger partial charge in [-0.3, -0.25) is 4.79 Å². The number of sulfone groups is 1. The molecule has 3 rings (SSSR count). The van der Waals surface area contributed by atoms with E-state index in [1.54, 1.807) is 19.1 Å². The second-order valence-corrected chi connectivity index (χ2v) is 8.20. The molecule has 0 spiro atoms. The maximum absolute atomic E-state index is 12.3. The third-order valence-corrected chi connectivity index (χ3v) is 4.95. The molecule has 150 valence electrons. The first kappa shape index (κ1) is 20.2. The summed E-state index contributed by atoms with van der Waals surface area (Å²) in [5.41, 5.74) is 1.32. The molecule has 0 bridgehead atoms. The van der Waals surface area contributed by atoms with Gasteiger partial charge in [0.25, 0.3) is 5.91 Å². The van der Waals surface area contributed by atoms with Gasteiger partial charge in [-0.25, -0.2) is 13.2 Å². The Balaban J connectivity index is 1.63. The fourth-order valence-electron chi connectivity index (χ4n) is 2.45. The van der Waals surface area contributed by atoms with Gasteiger partial charge in [0.05, 0.1) is 16.3 Å². The molecule has 2 aromatic carbocycles. The number of esters is 1. The van der Waals surface area contributed by atoms with Gasteiger partial charge in [-0.15, -0.1) is 5.10 Å². The fraction of sp³-hybridized carbons (Fsp3) is 0.158. The van der Waals surface area contributed by atoms with Gasteiger partial charge in [-0.2, -0.15) is 9.90 Å². The van der Waals surface area contributed by atoms with Gasteiger partial charge in [0.1, 0.15) is 0 Å². The Labute approximate surface area is 167 Å². The zero-order valence-corrected chi connectivity index (χ0v) is 16.5. The topological polar surface area (TPSA) is 120 Å². The molecule has 1 N–H and O–H groups in total. The van der Waals surface area contributed by atoms with E-state index in [2.05, 4.69) is 15.5 Å². The number of carbonyl (C=O) groups excluding carboxylic acids is 2. The summed E-state index contributed by atoms with van der Waals surface area (Å²) in [6, 6.07) is 14.8. The number of benzene rings is 2. The summed E-state index contributed by atoms with van der Waals surface area (Å²) in [7, 11) is -3.40. The highest BCUT2D eigenvalue weighted by molar-refractivity contribution is 7.90. The normalized spacial score (nSPS) is 11.1. The van der Waals surface area contributed by atoms with Gasteiger partial charge < -0.3 is 10.1 Å². The molecule has 1 heterocycles. The summed E-state index contributed by atoms with van der Waals surface area (Å²) < 4.78 is 28.2. The molecule has 0 aliphatic heterocycles. The summed E-state index contributed by atoms with van der Waals surface area (Å²) in [5, 5.41) is 10.8. The molecule has 3 aromatic rings. The van der Waals surface area contributed by atoms with Crippen LogP contribution in [0, 0.1) is 6.92 Å². The van der Waals surface area contributed by atoms with E-state index in [9.17, 15) is 18.0 Å². The number of aryl methyl sites for hydroxylation is 1. The quantitative estimate of drug-likeness (QED) is 0.610. The van der Waals surface area contributed by atoms with Crippen LogP contribution in [0.25, 0.3) is 5.69 Å². The number of nitrogens with zero attached hydrogens (tertiary/aromatic N) is 3.